The van der Waals surface area contributed by atoms with E-state index in [0.29, 0.717) is 6.54 Å². The molecular formula is C14H13BrN4. The van der Waals surface area contributed by atoms with Crippen LogP contribution in [0.1, 0.15) is 23.0 Å². The Morgan fingerprint density at radius 3 is 2.89 bits per heavy atom. The van der Waals surface area contributed by atoms with Crippen LogP contribution in [0.2, 0.25) is 0 Å². The molecule has 0 radical (unpaired) electrons. The first-order chi connectivity index (χ1) is 9.24. The van der Waals surface area contributed by atoms with Gasteiger partial charge in [-0.15, -0.1) is 5.10 Å². The molecule has 96 valence electrons. The van der Waals surface area contributed by atoms with E-state index in [-0.39, 0.29) is 4.83 Å². The number of hydrogen-bond acceptors (Lipinski definition) is 3. The van der Waals surface area contributed by atoms with Crippen LogP contribution >= 0.6 is 15.9 Å². The molecule has 0 fully saturated rings. The minimum absolute atomic E-state index is 0.218. The number of para-hydroxylation sites is 1. The zero-order valence-electron chi connectivity index (χ0n) is 10.5. The average Bonchev–Trinajstić information content (AvgIpc) is 2.88. The molecule has 3 aromatic rings. The maximum Gasteiger partial charge on any atom is 0.0960 e. The quantitative estimate of drug-likeness (QED) is 0.696. The van der Waals surface area contributed by atoms with Gasteiger partial charge in [0, 0.05) is 17.8 Å². The number of fused-ring (bicyclic) bond motifs is 1. The fourth-order valence-electron chi connectivity index (χ4n) is 2.04. The van der Waals surface area contributed by atoms with E-state index in [2.05, 4.69) is 37.3 Å². The predicted octanol–water partition coefficient (Wildman–Crippen LogP) is 3.33. The molecular weight excluding hydrogens is 304 g/mol. The summed E-state index contributed by atoms with van der Waals surface area (Å²) in [5, 5.41) is 9.46. The number of aromatic nitrogens is 4. The van der Waals surface area contributed by atoms with Gasteiger partial charge in [0.25, 0.3) is 0 Å². The predicted molar refractivity (Wildman–Crippen MR) is 78.2 cm³/mol. The normalized spacial score (nSPS) is 12.7. The maximum atomic E-state index is 4.36. The molecule has 0 aliphatic heterocycles. The molecule has 2 heterocycles. The van der Waals surface area contributed by atoms with Crippen molar-refractivity contribution in [3.8, 4) is 0 Å². The Hall–Kier alpha value is -1.75. The van der Waals surface area contributed by atoms with E-state index in [9.17, 15) is 0 Å². The molecule has 2 aromatic heterocycles. The highest BCUT2D eigenvalue weighted by Gasteiger charge is 2.08. The van der Waals surface area contributed by atoms with Crippen LogP contribution < -0.4 is 0 Å². The van der Waals surface area contributed by atoms with Crippen molar-refractivity contribution >= 4 is 26.8 Å². The van der Waals surface area contributed by atoms with E-state index in [1.54, 1.807) is 0 Å². The second kappa shape index (κ2) is 5.09. The van der Waals surface area contributed by atoms with E-state index < -0.39 is 0 Å². The van der Waals surface area contributed by atoms with Crippen molar-refractivity contribution in [1.29, 1.82) is 0 Å². The van der Waals surface area contributed by atoms with Crippen LogP contribution in [0.4, 0.5) is 0 Å². The topological polar surface area (TPSA) is 43.6 Å². The molecule has 0 aliphatic rings. The second-order valence-electron chi connectivity index (χ2n) is 4.44. The van der Waals surface area contributed by atoms with Gasteiger partial charge >= 0.3 is 0 Å². The van der Waals surface area contributed by atoms with Gasteiger partial charge in [-0.2, -0.15) is 0 Å². The summed E-state index contributed by atoms with van der Waals surface area (Å²) in [6, 6.07) is 10.2. The van der Waals surface area contributed by atoms with E-state index in [1.807, 2.05) is 48.3 Å². The summed E-state index contributed by atoms with van der Waals surface area (Å²) in [5.41, 5.74) is 3.15. The van der Waals surface area contributed by atoms with Gasteiger partial charge in [-0.1, -0.05) is 39.3 Å². The third-order valence-electron chi connectivity index (χ3n) is 3.04. The molecule has 1 aromatic carbocycles. The van der Waals surface area contributed by atoms with Crippen molar-refractivity contribution in [2.45, 2.75) is 18.3 Å². The summed E-state index contributed by atoms with van der Waals surface area (Å²) in [6.45, 7) is 2.74. The van der Waals surface area contributed by atoms with E-state index in [1.165, 1.54) is 5.56 Å². The van der Waals surface area contributed by atoms with Gasteiger partial charge in [-0.3, -0.25) is 4.98 Å². The fourth-order valence-corrected chi connectivity index (χ4v) is 2.25. The van der Waals surface area contributed by atoms with E-state index in [4.69, 9.17) is 0 Å². The minimum atomic E-state index is 0.218. The monoisotopic (exact) mass is 316 g/mol. The Kier molecular flexibility index (Phi) is 3.29. The van der Waals surface area contributed by atoms with Crippen molar-refractivity contribution in [3.05, 3.63) is 54.0 Å². The third-order valence-corrected chi connectivity index (χ3v) is 3.50. The number of alkyl halides is 1. The van der Waals surface area contributed by atoms with Gasteiger partial charge in [0.15, 0.2) is 0 Å². The number of benzene rings is 1. The molecule has 19 heavy (non-hydrogen) atoms. The Morgan fingerprint density at radius 1 is 1.26 bits per heavy atom. The van der Waals surface area contributed by atoms with Crippen LogP contribution in [0, 0.1) is 0 Å². The Balaban J connectivity index is 1.96. The minimum Gasteiger partial charge on any atom is -0.256 e. The van der Waals surface area contributed by atoms with Gasteiger partial charge in [0.1, 0.15) is 0 Å². The SMILES string of the molecule is CC(Br)c1cn(Cc2ccnc3ccccc23)nn1. The molecule has 0 saturated carbocycles. The summed E-state index contributed by atoms with van der Waals surface area (Å²) in [7, 11) is 0. The molecule has 3 rings (SSSR count). The van der Waals surface area contributed by atoms with Crippen LogP contribution in [0.3, 0.4) is 0 Å². The number of halogens is 1. The van der Waals surface area contributed by atoms with Crippen LogP contribution in [-0.2, 0) is 6.54 Å². The first kappa shape index (κ1) is 12.3. The number of nitrogens with zero attached hydrogens (tertiary/aromatic N) is 4. The van der Waals surface area contributed by atoms with Crippen LogP contribution in [0.15, 0.2) is 42.7 Å². The lowest BCUT2D eigenvalue weighted by Gasteiger charge is -2.05. The van der Waals surface area contributed by atoms with E-state index in [0.717, 1.165) is 16.6 Å². The fraction of sp³-hybridized carbons (Fsp3) is 0.214. The van der Waals surface area contributed by atoms with E-state index >= 15 is 0 Å². The highest BCUT2D eigenvalue weighted by atomic mass is 79.9. The smallest absolute Gasteiger partial charge is 0.0960 e. The summed E-state index contributed by atoms with van der Waals surface area (Å²) in [4.78, 5) is 4.58. The molecule has 0 saturated heterocycles. The highest BCUT2D eigenvalue weighted by Crippen LogP contribution is 2.20. The lowest BCUT2D eigenvalue weighted by atomic mass is 10.1. The summed E-state index contributed by atoms with van der Waals surface area (Å²) < 4.78 is 1.86. The highest BCUT2D eigenvalue weighted by molar-refractivity contribution is 9.09. The molecule has 0 spiro atoms. The Bertz CT molecular complexity index is 700. The van der Waals surface area contributed by atoms with Crippen LogP contribution in [-0.4, -0.2) is 20.0 Å². The lowest BCUT2D eigenvalue weighted by Crippen LogP contribution is -2.01. The second-order valence-corrected chi connectivity index (χ2v) is 5.82. The number of rotatable bonds is 3. The van der Waals surface area contributed by atoms with Crippen molar-refractivity contribution in [3.63, 3.8) is 0 Å². The largest absolute Gasteiger partial charge is 0.256 e. The third kappa shape index (κ3) is 2.51. The summed E-state index contributed by atoms with van der Waals surface area (Å²) >= 11 is 3.50. The Labute approximate surface area is 119 Å². The van der Waals surface area contributed by atoms with Crippen molar-refractivity contribution in [2.24, 2.45) is 0 Å². The van der Waals surface area contributed by atoms with Crippen molar-refractivity contribution in [2.75, 3.05) is 0 Å². The Morgan fingerprint density at radius 2 is 2.11 bits per heavy atom. The van der Waals surface area contributed by atoms with Crippen LogP contribution in [0.5, 0.6) is 0 Å². The molecule has 0 aliphatic carbocycles. The van der Waals surface area contributed by atoms with Gasteiger partial charge in [0.05, 0.1) is 22.6 Å². The summed E-state index contributed by atoms with van der Waals surface area (Å²) in [5.74, 6) is 0. The zero-order valence-corrected chi connectivity index (χ0v) is 12.1. The number of pyridine rings is 1. The summed E-state index contributed by atoms with van der Waals surface area (Å²) in [6.07, 6.45) is 3.80. The lowest BCUT2D eigenvalue weighted by molar-refractivity contribution is 0.651. The van der Waals surface area contributed by atoms with Gasteiger partial charge in [0.2, 0.25) is 0 Å². The first-order valence-electron chi connectivity index (χ1n) is 6.11. The molecule has 0 N–H and O–H groups in total. The molecule has 1 atom stereocenters. The first-order valence-corrected chi connectivity index (χ1v) is 7.02. The van der Waals surface area contributed by atoms with Crippen molar-refractivity contribution in [1.82, 2.24) is 20.0 Å². The average molecular weight is 317 g/mol. The van der Waals surface area contributed by atoms with Gasteiger partial charge in [-0.05, 0) is 24.6 Å². The standard InChI is InChI=1S/C14H13BrN4/c1-10(15)14-9-19(18-17-14)8-11-6-7-16-13-5-3-2-4-12(11)13/h2-7,9-10H,8H2,1H3. The molecule has 0 amide bonds. The van der Waals surface area contributed by atoms with Gasteiger partial charge in [-0.25, -0.2) is 4.68 Å². The molecule has 4 nitrogen and oxygen atoms in total. The van der Waals surface area contributed by atoms with Crippen LogP contribution in [0.25, 0.3) is 10.9 Å². The van der Waals surface area contributed by atoms with Crippen molar-refractivity contribution < 1.29 is 0 Å². The zero-order chi connectivity index (χ0) is 13.2. The number of hydrogen-bond donors (Lipinski definition) is 0. The molecule has 1 unspecified atom stereocenters. The maximum absolute atomic E-state index is 4.36. The van der Waals surface area contributed by atoms with Gasteiger partial charge < -0.3 is 0 Å². The molecule has 5 heteroatoms. The molecule has 0 bridgehead atoms.